The molecular weight excluding hydrogens is 454 g/mol. The zero-order valence-corrected chi connectivity index (χ0v) is 19.7. The first-order valence-electron chi connectivity index (χ1n) is 9.99. The second-order valence-corrected chi connectivity index (χ2v) is 10.9. The van der Waals surface area contributed by atoms with Crippen molar-refractivity contribution in [2.45, 2.75) is 30.9 Å². The number of likely N-dealkylation sites (tertiary alicyclic amines) is 1. The van der Waals surface area contributed by atoms with Crippen molar-refractivity contribution in [3.8, 4) is 16.3 Å². The van der Waals surface area contributed by atoms with Gasteiger partial charge in [0.05, 0.1) is 18.0 Å². The van der Waals surface area contributed by atoms with E-state index in [-0.39, 0.29) is 10.1 Å². The maximum absolute atomic E-state index is 12.9. The van der Waals surface area contributed by atoms with Crippen molar-refractivity contribution in [1.82, 2.24) is 9.88 Å². The minimum Gasteiger partial charge on any atom is -0.492 e. The van der Waals surface area contributed by atoms with E-state index in [0.29, 0.717) is 39.2 Å². The van der Waals surface area contributed by atoms with Gasteiger partial charge in [-0.15, -0.1) is 22.7 Å². The van der Waals surface area contributed by atoms with Crippen LogP contribution in [-0.4, -0.2) is 43.9 Å². The molecule has 1 fully saturated rings. The van der Waals surface area contributed by atoms with Crippen LogP contribution in [0.25, 0.3) is 10.6 Å². The van der Waals surface area contributed by atoms with Gasteiger partial charge in [0.2, 0.25) is 0 Å². The minimum atomic E-state index is -3.78. The number of thiophene rings is 1. The molecule has 10 heteroatoms. The SMILES string of the molecule is CCOc1ccccc1NS(=O)(=O)c1cc(-c2nc(C)c(C(=O)N3CCCC3)s2)cs1. The fraction of sp³-hybridized carbons (Fsp3) is 0.333. The maximum atomic E-state index is 12.9. The molecule has 3 heterocycles. The first-order valence-corrected chi connectivity index (χ1v) is 13.2. The first kappa shape index (κ1) is 21.8. The number of sulfonamides is 1. The molecule has 0 aliphatic carbocycles. The van der Waals surface area contributed by atoms with Crippen LogP contribution >= 0.6 is 22.7 Å². The highest BCUT2D eigenvalue weighted by Crippen LogP contribution is 2.35. The molecule has 0 unspecified atom stereocenters. The van der Waals surface area contributed by atoms with Crippen LogP contribution in [0.4, 0.5) is 5.69 Å². The van der Waals surface area contributed by atoms with E-state index in [9.17, 15) is 13.2 Å². The Labute approximate surface area is 189 Å². The second kappa shape index (κ2) is 8.97. The largest absolute Gasteiger partial charge is 0.492 e. The highest BCUT2D eigenvalue weighted by molar-refractivity contribution is 7.94. The van der Waals surface area contributed by atoms with Gasteiger partial charge in [-0.05, 0) is 44.9 Å². The molecule has 1 aliphatic rings. The van der Waals surface area contributed by atoms with Crippen LogP contribution in [0.15, 0.2) is 39.9 Å². The number of nitrogens with one attached hydrogen (secondary N) is 1. The van der Waals surface area contributed by atoms with Gasteiger partial charge in [-0.25, -0.2) is 13.4 Å². The van der Waals surface area contributed by atoms with Gasteiger partial charge in [0.25, 0.3) is 15.9 Å². The van der Waals surface area contributed by atoms with Gasteiger partial charge in [0, 0.05) is 24.0 Å². The molecule has 31 heavy (non-hydrogen) atoms. The van der Waals surface area contributed by atoms with Gasteiger partial charge >= 0.3 is 0 Å². The summed E-state index contributed by atoms with van der Waals surface area (Å²) >= 11 is 2.43. The van der Waals surface area contributed by atoms with Crippen molar-refractivity contribution < 1.29 is 17.9 Å². The van der Waals surface area contributed by atoms with E-state index in [4.69, 9.17) is 4.74 Å². The van der Waals surface area contributed by atoms with Crippen LogP contribution < -0.4 is 9.46 Å². The lowest BCUT2D eigenvalue weighted by Gasteiger charge is -2.13. The molecule has 3 aromatic rings. The first-order chi connectivity index (χ1) is 14.9. The Hall–Kier alpha value is -2.43. The van der Waals surface area contributed by atoms with E-state index in [1.165, 1.54) is 11.3 Å². The molecule has 1 aliphatic heterocycles. The third kappa shape index (κ3) is 4.60. The fourth-order valence-electron chi connectivity index (χ4n) is 3.38. The Morgan fingerprint density at radius 3 is 2.74 bits per heavy atom. The van der Waals surface area contributed by atoms with Gasteiger partial charge in [0.1, 0.15) is 19.8 Å². The topological polar surface area (TPSA) is 88.6 Å². The number of carbonyl (C=O) groups is 1. The smallest absolute Gasteiger partial charge is 0.271 e. The Kier molecular flexibility index (Phi) is 6.31. The van der Waals surface area contributed by atoms with Gasteiger partial charge in [-0.3, -0.25) is 9.52 Å². The molecule has 2 aromatic heterocycles. The Bertz CT molecular complexity index is 1190. The molecule has 0 spiro atoms. The Morgan fingerprint density at radius 2 is 2.00 bits per heavy atom. The summed E-state index contributed by atoms with van der Waals surface area (Å²) in [5.41, 5.74) is 1.76. The van der Waals surface area contributed by atoms with Crippen LogP contribution in [0, 0.1) is 6.92 Å². The zero-order chi connectivity index (χ0) is 22.0. The van der Waals surface area contributed by atoms with Crippen LogP contribution in [0.1, 0.15) is 35.1 Å². The van der Waals surface area contributed by atoms with Gasteiger partial charge in [0.15, 0.2) is 0 Å². The Morgan fingerprint density at radius 1 is 1.26 bits per heavy atom. The standard InChI is InChI=1S/C21H23N3O4S3/c1-3-28-17-9-5-4-8-16(17)23-31(26,27)18-12-15(13-29-18)20-22-14(2)19(30-20)21(25)24-10-6-7-11-24/h4-5,8-9,12-13,23H,3,6-7,10-11H2,1-2H3. The number of thiazole rings is 1. The summed E-state index contributed by atoms with van der Waals surface area (Å²) in [6.07, 6.45) is 2.06. The number of rotatable bonds is 7. The molecule has 164 valence electrons. The molecule has 1 N–H and O–H groups in total. The average molecular weight is 478 g/mol. The molecule has 4 rings (SSSR count). The van der Waals surface area contributed by atoms with Crippen LogP contribution in [0.5, 0.6) is 5.75 Å². The predicted octanol–water partition coefficient (Wildman–Crippen LogP) is 4.62. The lowest BCUT2D eigenvalue weighted by molar-refractivity contribution is 0.0796. The summed E-state index contributed by atoms with van der Waals surface area (Å²) in [7, 11) is -3.78. The lowest BCUT2D eigenvalue weighted by Crippen LogP contribution is -2.27. The number of nitrogens with zero attached hydrogens (tertiary/aromatic N) is 2. The number of hydrogen-bond acceptors (Lipinski definition) is 7. The second-order valence-electron chi connectivity index (χ2n) is 7.12. The Balaban J connectivity index is 1.57. The molecule has 0 bridgehead atoms. The molecule has 7 nitrogen and oxygen atoms in total. The van der Waals surface area contributed by atoms with Crippen LogP contribution in [0.2, 0.25) is 0 Å². The van der Waals surface area contributed by atoms with E-state index < -0.39 is 10.0 Å². The van der Waals surface area contributed by atoms with Crippen molar-refractivity contribution >= 4 is 44.3 Å². The average Bonchev–Trinajstić information content (AvgIpc) is 3.50. The van der Waals surface area contributed by atoms with E-state index in [0.717, 1.165) is 37.3 Å². The number of ether oxygens (including phenoxy) is 1. The van der Waals surface area contributed by atoms with E-state index in [1.54, 1.807) is 35.7 Å². The predicted molar refractivity (Wildman–Crippen MR) is 124 cm³/mol. The summed E-state index contributed by atoms with van der Waals surface area (Å²) in [5.74, 6) is 0.488. The molecule has 1 amide bonds. The molecule has 0 saturated carbocycles. The molecule has 1 aromatic carbocycles. The number of aryl methyl sites for hydroxylation is 1. The summed E-state index contributed by atoms with van der Waals surface area (Å²) in [6.45, 7) is 5.65. The lowest BCUT2D eigenvalue weighted by atomic mass is 10.3. The molecular formula is C21H23N3O4S3. The third-order valence-corrected chi connectivity index (χ3v) is 8.90. The van der Waals surface area contributed by atoms with E-state index >= 15 is 0 Å². The monoisotopic (exact) mass is 477 g/mol. The van der Waals surface area contributed by atoms with Gasteiger partial charge < -0.3 is 9.64 Å². The maximum Gasteiger partial charge on any atom is 0.271 e. The summed E-state index contributed by atoms with van der Waals surface area (Å²) in [4.78, 5) is 19.8. The normalized spacial score (nSPS) is 14.1. The van der Waals surface area contributed by atoms with Gasteiger partial charge in [-0.1, -0.05) is 12.1 Å². The van der Waals surface area contributed by atoms with E-state index in [2.05, 4.69) is 9.71 Å². The summed E-state index contributed by atoms with van der Waals surface area (Å²) in [6, 6.07) is 8.52. The fourth-order valence-corrected chi connectivity index (χ4v) is 6.71. The zero-order valence-electron chi connectivity index (χ0n) is 17.3. The number of aromatic nitrogens is 1. The van der Waals surface area contributed by atoms with Crippen LogP contribution in [0.3, 0.4) is 0 Å². The number of hydrogen-bond donors (Lipinski definition) is 1. The van der Waals surface area contributed by atoms with Crippen molar-refractivity contribution in [3.05, 3.63) is 46.3 Å². The van der Waals surface area contributed by atoms with Crippen LogP contribution in [-0.2, 0) is 10.0 Å². The molecule has 0 atom stereocenters. The number of anilines is 1. The number of benzene rings is 1. The van der Waals surface area contributed by atoms with Crippen molar-refractivity contribution in [3.63, 3.8) is 0 Å². The molecule has 0 radical (unpaired) electrons. The highest BCUT2D eigenvalue weighted by atomic mass is 32.2. The molecule has 1 saturated heterocycles. The number of amides is 1. The third-order valence-electron chi connectivity index (χ3n) is 4.90. The summed E-state index contributed by atoms with van der Waals surface area (Å²) < 4.78 is 34.1. The van der Waals surface area contributed by atoms with E-state index in [1.807, 2.05) is 18.7 Å². The number of para-hydroxylation sites is 2. The van der Waals surface area contributed by atoms with Crippen molar-refractivity contribution in [2.75, 3.05) is 24.4 Å². The van der Waals surface area contributed by atoms with Crippen molar-refractivity contribution in [2.24, 2.45) is 0 Å². The summed E-state index contributed by atoms with van der Waals surface area (Å²) in [5, 5.41) is 2.40. The van der Waals surface area contributed by atoms with Gasteiger partial charge in [-0.2, -0.15) is 0 Å². The minimum absolute atomic E-state index is 0.0102. The van der Waals surface area contributed by atoms with Crippen molar-refractivity contribution in [1.29, 1.82) is 0 Å². The number of carbonyl (C=O) groups excluding carboxylic acids is 1. The highest BCUT2D eigenvalue weighted by Gasteiger charge is 2.25. The quantitative estimate of drug-likeness (QED) is 0.537.